The number of halogens is 1. The Hall–Kier alpha value is -0.580. The van der Waals surface area contributed by atoms with Gasteiger partial charge in [-0.1, -0.05) is 43.1 Å². The predicted octanol–water partition coefficient (Wildman–Crippen LogP) is 4.14. The average Bonchev–Trinajstić information content (AvgIpc) is 2.42. The molecule has 1 rings (SSSR count). The molecular weight excluding hydrogens is 318 g/mol. The van der Waals surface area contributed by atoms with Gasteiger partial charge in [0.1, 0.15) is 12.4 Å². The molecule has 0 saturated heterocycles. The molecule has 0 unspecified atom stereocenters. The van der Waals surface area contributed by atoms with Gasteiger partial charge < -0.3 is 14.8 Å². The second-order valence-electron chi connectivity index (χ2n) is 5.10. The Morgan fingerprint density at radius 3 is 2.70 bits per heavy atom. The molecule has 3 nitrogen and oxygen atoms in total. The third-order valence-electron chi connectivity index (χ3n) is 2.86. The first kappa shape index (κ1) is 17.5. The molecule has 20 heavy (non-hydrogen) atoms. The van der Waals surface area contributed by atoms with Crippen molar-refractivity contribution in [3.8, 4) is 5.75 Å². The fourth-order valence-corrected chi connectivity index (χ4v) is 2.04. The average molecular weight is 344 g/mol. The van der Waals surface area contributed by atoms with E-state index in [1.54, 1.807) is 0 Å². The van der Waals surface area contributed by atoms with Crippen LogP contribution in [0.15, 0.2) is 22.7 Å². The molecule has 0 heterocycles. The first-order valence-corrected chi connectivity index (χ1v) is 8.15. The third kappa shape index (κ3) is 7.27. The van der Waals surface area contributed by atoms with Gasteiger partial charge in [-0.15, -0.1) is 0 Å². The van der Waals surface area contributed by atoms with Gasteiger partial charge in [-0.2, -0.15) is 0 Å². The molecule has 1 N–H and O–H groups in total. The first-order chi connectivity index (χ1) is 9.63. The van der Waals surface area contributed by atoms with E-state index in [1.807, 2.05) is 12.1 Å². The van der Waals surface area contributed by atoms with Crippen LogP contribution >= 0.6 is 15.9 Å². The molecule has 0 aliphatic heterocycles. The van der Waals surface area contributed by atoms with E-state index in [2.05, 4.69) is 48.1 Å². The standard InChI is InChI=1S/C16H26BrNO2/c1-4-5-8-19-9-10-20-15-6-7-16(17)14(11-15)12-18-13(2)3/h6-7,11,13,18H,4-5,8-10,12H2,1-3H3. The van der Waals surface area contributed by atoms with Crippen LogP contribution in [-0.2, 0) is 11.3 Å². The smallest absolute Gasteiger partial charge is 0.119 e. The zero-order chi connectivity index (χ0) is 14.8. The number of unbranched alkanes of at least 4 members (excludes halogenated alkanes) is 1. The van der Waals surface area contributed by atoms with Crippen molar-refractivity contribution in [2.75, 3.05) is 19.8 Å². The van der Waals surface area contributed by atoms with Gasteiger partial charge in [-0.3, -0.25) is 0 Å². The van der Waals surface area contributed by atoms with Crippen LogP contribution in [0.2, 0.25) is 0 Å². The maximum atomic E-state index is 5.72. The van der Waals surface area contributed by atoms with Gasteiger partial charge in [0.2, 0.25) is 0 Å². The lowest BCUT2D eigenvalue weighted by Gasteiger charge is -2.12. The summed E-state index contributed by atoms with van der Waals surface area (Å²) in [5.41, 5.74) is 1.21. The molecule has 4 heteroatoms. The van der Waals surface area contributed by atoms with Crippen LogP contribution < -0.4 is 10.1 Å². The topological polar surface area (TPSA) is 30.5 Å². The maximum absolute atomic E-state index is 5.72. The molecule has 0 fully saturated rings. The molecular formula is C16H26BrNO2. The van der Waals surface area contributed by atoms with E-state index in [9.17, 15) is 0 Å². The Bertz CT molecular complexity index is 383. The SMILES string of the molecule is CCCCOCCOc1ccc(Br)c(CNC(C)C)c1. The lowest BCUT2D eigenvalue weighted by atomic mass is 10.2. The lowest BCUT2D eigenvalue weighted by molar-refractivity contribution is 0.0980. The Labute approximate surface area is 131 Å². The van der Waals surface area contributed by atoms with E-state index in [1.165, 1.54) is 12.0 Å². The largest absolute Gasteiger partial charge is 0.491 e. The van der Waals surface area contributed by atoms with E-state index < -0.39 is 0 Å². The summed E-state index contributed by atoms with van der Waals surface area (Å²) in [6, 6.07) is 6.56. The summed E-state index contributed by atoms with van der Waals surface area (Å²) in [5.74, 6) is 0.896. The highest BCUT2D eigenvalue weighted by atomic mass is 79.9. The first-order valence-electron chi connectivity index (χ1n) is 7.35. The van der Waals surface area contributed by atoms with Crippen molar-refractivity contribution in [2.45, 2.75) is 46.2 Å². The normalized spacial score (nSPS) is 11.1. The highest BCUT2D eigenvalue weighted by Gasteiger charge is 2.03. The highest BCUT2D eigenvalue weighted by Crippen LogP contribution is 2.22. The van der Waals surface area contributed by atoms with Crippen molar-refractivity contribution in [3.05, 3.63) is 28.2 Å². The quantitative estimate of drug-likeness (QED) is 0.647. The summed E-state index contributed by atoms with van der Waals surface area (Å²) in [6.45, 7) is 9.35. The summed E-state index contributed by atoms with van der Waals surface area (Å²) in [5, 5.41) is 3.41. The summed E-state index contributed by atoms with van der Waals surface area (Å²) >= 11 is 3.57. The number of nitrogens with one attached hydrogen (secondary N) is 1. The van der Waals surface area contributed by atoms with Gasteiger partial charge in [0.05, 0.1) is 6.61 Å². The van der Waals surface area contributed by atoms with Crippen LogP contribution in [0.3, 0.4) is 0 Å². The molecule has 0 saturated carbocycles. The number of hydrogen-bond donors (Lipinski definition) is 1. The molecule has 0 aliphatic rings. The molecule has 0 aromatic heterocycles. The lowest BCUT2D eigenvalue weighted by Crippen LogP contribution is -2.22. The van der Waals surface area contributed by atoms with Gasteiger partial charge in [0.25, 0.3) is 0 Å². The van der Waals surface area contributed by atoms with Gasteiger partial charge in [-0.25, -0.2) is 0 Å². The molecule has 0 bridgehead atoms. The summed E-state index contributed by atoms with van der Waals surface area (Å²) < 4.78 is 12.3. The summed E-state index contributed by atoms with van der Waals surface area (Å²) in [6.07, 6.45) is 2.28. The van der Waals surface area contributed by atoms with Crippen molar-refractivity contribution in [1.29, 1.82) is 0 Å². The minimum atomic E-state index is 0.471. The second-order valence-corrected chi connectivity index (χ2v) is 5.96. The van der Waals surface area contributed by atoms with Gasteiger partial charge in [0.15, 0.2) is 0 Å². The minimum absolute atomic E-state index is 0.471. The number of benzene rings is 1. The van der Waals surface area contributed by atoms with Crippen molar-refractivity contribution in [3.63, 3.8) is 0 Å². The Balaban J connectivity index is 2.36. The molecule has 114 valence electrons. The minimum Gasteiger partial charge on any atom is -0.491 e. The van der Waals surface area contributed by atoms with Crippen molar-refractivity contribution in [1.82, 2.24) is 5.32 Å². The van der Waals surface area contributed by atoms with Crippen LogP contribution in [0.4, 0.5) is 0 Å². The van der Waals surface area contributed by atoms with Crippen LogP contribution in [-0.4, -0.2) is 25.9 Å². The molecule has 0 spiro atoms. The maximum Gasteiger partial charge on any atom is 0.119 e. The number of hydrogen-bond acceptors (Lipinski definition) is 3. The molecule has 0 atom stereocenters. The van der Waals surface area contributed by atoms with Crippen LogP contribution in [0.25, 0.3) is 0 Å². The Morgan fingerprint density at radius 1 is 1.20 bits per heavy atom. The second kappa shape index (κ2) is 10.2. The van der Waals surface area contributed by atoms with Gasteiger partial charge >= 0.3 is 0 Å². The van der Waals surface area contributed by atoms with Gasteiger partial charge in [-0.05, 0) is 30.2 Å². The monoisotopic (exact) mass is 343 g/mol. The zero-order valence-corrected chi connectivity index (χ0v) is 14.3. The molecule has 1 aromatic rings. The fraction of sp³-hybridized carbons (Fsp3) is 0.625. The van der Waals surface area contributed by atoms with E-state index in [0.717, 1.165) is 29.8 Å². The highest BCUT2D eigenvalue weighted by molar-refractivity contribution is 9.10. The van der Waals surface area contributed by atoms with E-state index in [0.29, 0.717) is 19.3 Å². The van der Waals surface area contributed by atoms with Crippen LogP contribution in [0.5, 0.6) is 5.75 Å². The Morgan fingerprint density at radius 2 is 2.00 bits per heavy atom. The molecule has 0 aliphatic carbocycles. The van der Waals surface area contributed by atoms with E-state index >= 15 is 0 Å². The third-order valence-corrected chi connectivity index (χ3v) is 3.63. The Kier molecular flexibility index (Phi) is 8.90. The summed E-state index contributed by atoms with van der Waals surface area (Å²) in [7, 11) is 0. The van der Waals surface area contributed by atoms with Crippen molar-refractivity contribution in [2.24, 2.45) is 0 Å². The van der Waals surface area contributed by atoms with E-state index in [-0.39, 0.29) is 0 Å². The van der Waals surface area contributed by atoms with Crippen molar-refractivity contribution < 1.29 is 9.47 Å². The van der Waals surface area contributed by atoms with Crippen LogP contribution in [0.1, 0.15) is 39.2 Å². The summed E-state index contributed by atoms with van der Waals surface area (Å²) in [4.78, 5) is 0. The molecule has 0 amide bonds. The predicted molar refractivity (Wildman–Crippen MR) is 87.3 cm³/mol. The van der Waals surface area contributed by atoms with Crippen molar-refractivity contribution >= 4 is 15.9 Å². The number of ether oxygens (including phenoxy) is 2. The van der Waals surface area contributed by atoms with Gasteiger partial charge in [0, 0.05) is 23.7 Å². The molecule has 0 radical (unpaired) electrons. The van der Waals surface area contributed by atoms with E-state index in [4.69, 9.17) is 9.47 Å². The fourth-order valence-electron chi connectivity index (χ4n) is 1.66. The zero-order valence-electron chi connectivity index (χ0n) is 12.7. The van der Waals surface area contributed by atoms with Crippen LogP contribution in [0, 0.1) is 0 Å². The molecule has 1 aromatic carbocycles. The number of rotatable bonds is 10.